The predicted octanol–water partition coefficient (Wildman–Crippen LogP) is 1.10. The molecule has 1 rings (SSSR count). The predicted molar refractivity (Wildman–Crippen MR) is 42.3 cm³/mol. The molecule has 0 heterocycles. The maximum atomic E-state index is 10.8. The van der Waals surface area contributed by atoms with Gasteiger partial charge in [0.05, 0.1) is 11.6 Å². The molecule has 3 heteroatoms. The van der Waals surface area contributed by atoms with E-state index in [2.05, 4.69) is 6.07 Å². The minimum atomic E-state index is -1.00. The average Bonchev–Trinajstić information content (AvgIpc) is 2.05. The van der Waals surface area contributed by atoms with E-state index in [4.69, 9.17) is 5.26 Å². The highest BCUT2D eigenvalue weighted by Gasteiger charge is 2.02. The molecule has 1 unspecified atom stereocenters. The van der Waals surface area contributed by atoms with Gasteiger partial charge in [0.2, 0.25) is 0 Å². The van der Waals surface area contributed by atoms with E-state index in [9.17, 15) is 4.55 Å². The summed E-state index contributed by atoms with van der Waals surface area (Å²) in [5.41, 5.74) is 0.541. The van der Waals surface area contributed by atoms with Gasteiger partial charge >= 0.3 is 0 Å². The molecule has 0 aliphatic carbocycles. The summed E-state index contributed by atoms with van der Waals surface area (Å²) in [7, 11) is 0. The Morgan fingerprint density at radius 3 is 2.73 bits per heavy atom. The molecule has 55 valence electrons. The summed E-state index contributed by atoms with van der Waals surface area (Å²) in [6.45, 7) is 0. The van der Waals surface area contributed by atoms with Gasteiger partial charge in [0.15, 0.2) is 4.90 Å². The maximum Gasteiger partial charge on any atom is 0.160 e. The summed E-state index contributed by atoms with van der Waals surface area (Å²) in [5, 5.41) is 8.42. The lowest BCUT2D eigenvalue weighted by Gasteiger charge is -2.01. The van der Waals surface area contributed by atoms with Crippen molar-refractivity contribution in [1.82, 2.24) is 0 Å². The Kier molecular flexibility index (Phi) is 2.53. The largest absolute Gasteiger partial charge is 0.612 e. The molecule has 0 aliphatic heterocycles. The molecule has 0 bridgehead atoms. The van der Waals surface area contributed by atoms with E-state index in [-0.39, 0.29) is 0 Å². The van der Waals surface area contributed by atoms with Crippen LogP contribution in [0.15, 0.2) is 23.1 Å². The molecular weight excluding hydrogens is 158 g/mol. The van der Waals surface area contributed by atoms with Crippen LogP contribution in [0, 0.1) is 17.4 Å². The first-order valence-electron chi connectivity index (χ1n) is 2.99. The molecule has 1 aromatic carbocycles. The van der Waals surface area contributed by atoms with E-state index < -0.39 is 11.2 Å². The van der Waals surface area contributed by atoms with Crippen LogP contribution in [0.1, 0.15) is 5.56 Å². The van der Waals surface area contributed by atoms with Gasteiger partial charge in [-0.15, -0.1) is 0 Å². The van der Waals surface area contributed by atoms with E-state index in [0.717, 1.165) is 0 Å². The normalized spacial score (nSPS) is 12.1. The van der Waals surface area contributed by atoms with Gasteiger partial charge in [0.1, 0.15) is 6.26 Å². The second-order valence-corrected chi connectivity index (χ2v) is 3.36. The second kappa shape index (κ2) is 3.42. The number of hydrogen-bond donors (Lipinski definition) is 0. The van der Waals surface area contributed by atoms with Crippen LogP contribution in [0.2, 0.25) is 0 Å². The number of nitrogens with zero attached hydrogens (tertiary/aromatic N) is 1. The van der Waals surface area contributed by atoms with Gasteiger partial charge in [-0.2, -0.15) is 5.26 Å². The van der Waals surface area contributed by atoms with E-state index in [1.54, 1.807) is 18.4 Å². The van der Waals surface area contributed by atoms with Crippen molar-refractivity contribution in [3.8, 4) is 6.07 Å². The highest BCUT2D eigenvalue weighted by atomic mass is 32.2. The van der Waals surface area contributed by atoms with Crippen LogP contribution in [-0.2, 0) is 11.2 Å². The van der Waals surface area contributed by atoms with Crippen molar-refractivity contribution in [3.05, 3.63) is 29.8 Å². The minimum Gasteiger partial charge on any atom is -0.612 e. The van der Waals surface area contributed by atoms with Crippen LogP contribution < -0.4 is 0 Å². The zero-order chi connectivity index (χ0) is 8.27. The molecule has 0 spiro atoms. The third-order valence-electron chi connectivity index (χ3n) is 1.22. The molecule has 2 nitrogen and oxygen atoms in total. The van der Waals surface area contributed by atoms with Crippen LogP contribution in [0.4, 0.5) is 0 Å². The number of nitriles is 1. The lowest BCUT2D eigenvalue weighted by atomic mass is 10.2. The first-order chi connectivity index (χ1) is 5.24. The minimum absolute atomic E-state index is 0.541. The Morgan fingerprint density at radius 1 is 1.64 bits per heavy atom. The molecule has 1 radical (unpaired) electrons. The van der Waals surface area contributed by atoms with Crippen molar-refractivity contribution in [2.75, 3.05) is 6.26 Å². The highest BCUT2D eigenvalue weighted by molar-refractivity contribution is 7.90. The molecule has 1 aromatic rings. The fourth-order valence-corrected chi connectivity index (χ4v) is 1.14. The molecule has 0 saturated heterocycles. The summed E-state index contributed by atoms with van der Waals surface area (Å²) in [6.07, 6.45) is 1.58. The molecule has 0 N–H and O–H groups in total. The monoisotopic (exact) mass is 164 g/mol. The van der Waals surface area contributed by atoms with Crippen LogP contribution in [-0.4, -0.2) is 10.8 Å². The smallest absolute Gasteiger partial charge is 0.160 e. The summed E-state index contributed by atoms with van der Waals surface area (Å²) in [6, 6.07) is 9.55. The molecule has 11 heavy (non-hydrogen) atoms. The number of benzene rings is 1. The van der Waals surface area contributed by atoms with Gasteiger partial charge in [-0.3, -0.25) is 0 Å². The summed E-state index contributed by atoms with van der Waals surface area (Å²) >= 11 is -1.00. The van der Waals surface area contributed by atoms with Crippen molar-refractivity contribution >= 4 is 11.2 Å². The molecule has 1 atom stereocenters. The van der Waals surface area contributed by atoms with E-state index in [1.807, 2.05) is 6.07 Å². The lowest BCUT2D eigenvalue weighted by molar-refractivity contribution is 0.600. The quantitative estimate of drug-likeness (QED) is 0.583. The van der Waals surface area contributed by atoms with Crippen LogP contribution in [0.5, 0.6) is 0 Å². The lowest BCUT2D eigenvalue weighted by Crippen LogP contribution is -1.96. The number of rotatable bonds is 1. The molecule has 0 fully saturated rings. The van der Waals surface area contributed by atoms with Crippen molar-refractivity contribution in [2.45, 2.75) is 4.90 Å². The fourth-order valence-electron chi connectivity index (χ4n) is 0.659. The van der Waals surface area contributed by atoms with Crippen molar-refractivity contribution in [3.63, 3.8) is 0 Å². The Balaban J connectivity index is 2.94. The molecule has 0 aliphatic rings. The van der Waals surface area contributed by atoms with Crippen molar-refractivity contribution in [1.29, 1.82) is 5.26 Å². The third-order valence-corrected chi connectivity index (χ3v) is 2.10. The molecule has 0 saturated carbocycles. The van der Waals surface area contributed by atoms with Gasteiger partial charge in [-0.05, 0) is 29.4 Å². The van der Waals surface area contributed by atoms with Gasteiger partial charge in [-0.1, -0.05) is 0 Å². The highest BCUT2D eigenvalue weighted by Crippen LogP contribution is 2.08. The van der Waals surface area contributed by atoms with Gasteiger partial charge in [0, 0.05) is 6.07 Å². The average molecular weight is 164 g/mol. The topological polar surface area (TPSA) is 46.8 Å². The van der Waals surface area contributed by atoms with Crippen LogP contribution in [0.25, 0.3) is 0 Å². The van der Waals surface area contributed by atoms with Crippen LogP contribution >= 0.6 is 0 Å². The van der Waals surface area contributed by atoms with E-state index in [0.29, 0.717) is 10.5 Å². The summed E-state index contributed by atoms with van der Waals surface area (Å²) in [5.74, 6) is 0. The SMILES string of the molecule is C[S+]([O-])c1[c]cc(C#N)cc1. The fraction of sp³-hybridized carbons (Fsp3) is 0.125. The van der Waals surface area contributed by atoms with Crippen molar-refractivity contribution in [2.24, 2.45) is 0 Å². The Morgan fingerprint density at radius 2 is 2.36 bits per heavy atom. The zero-order valence-corrected chi connectivity index (χ0v) is 6.81. The second-order valence-electron chi connectivity index (χ2n) is 2.01. The zero-order valence-electron chi connectivity index (χ0n) is 6.00. The first-order valence-corrected chi connectivity index (χ1v) is 4.55. The summed E-state index contributed by atoms with van der Waals surface area (Å²) in [4.78, 5) is 0.629. The Bertz CT molecular complexity index is 273. The molecule has 0 amide bonds. The maximum absolute atomic E-state index is 10.8. The van der Waals surface area contributed by atoms with Gasteiger partial charge < -0.3 is 4.55 Å². The van der Waals surface area contributed by atoms with E-state index >= 15 is 0 Å². The Hall–Kier alpha value is -0.980. The van der Waals surface area contributed by atoms with Crippen LogP contribution in [0.3, 0.4) is 0 Å². The Labute approximate surface area is 68.6 Å². The first kappa shape index (κ1) is 8.12. The third kappa shape index (κ3) is 1.97. The van der Waals surface area contributed by atoms with Crippen molar-refractivity contribution < 1.29 is 4.55 Å². The van der Waals surface area contributed by atoms with Gasteiger partial charge in [-0.25, -0.2) is 0 Å². The molecular formula is C8H6NOS. The standard InChI is InChI=1S/C8H6NOS/c1-11(10)8-4-2-7(6-9)3-5-8/h2-4H,1H3. The van der Waals surface area contributed by atoms with E-state index in [1.165, 1.54) is 6.07 Å². The molecule has 0 aromatic heterocycles. The number of hydrogen-bond acceptors (Lipinski definition) is 2. The van der Waals surface area contributed by atoms with Gasteiger partial charge in [0.25, 0.3) is 0 Å². The summed E-state index contributed by atoms with van der Waals surface area (Å²) < 4.78 is 10.8.